The molecule has 128 valence electrons. The number of nitrogens with zero attached hydrogens (tertiary/aromatic N) is 4. The number of halogens is 1. The van der Waals surface area contributed by atoms with Crippen LogP contribution < -0.4 is 0 Å². The minimum Gasteiger partial charge on any atom is -0.332 e. The second kappa shape index (κ2) is 6.69. The number of fused-ring (bicyclic) bond motifs is 1. The van der Waals surface area contributed by atoms with Gasteiger partial charge in [-0.15, -0.1) is 0 Å². The molecule has 0 aliphatic heterocycles. The van der Waals surface area contributed by atoms with Gasteiger partial charge in [-0.3, -0.25) is 14.8 Å². The first kappa shape index (κ1) is 12.3. The van der Waals surface area contributed by atoms with Crippen molar-refractivity contribution in [3.8, 4) is 11.4 Å². The highest BCUT2D eigenvalue weighted by molar-refractivity contribution is 6.30. The van der Waals surface area contributed by atoms with Crippen molar-refractivity contribution in [1.82, 2.24) is 19.5 Å². The zero-order valence-electron chi connectivity index (χ0n) is 17.7. The van der Waals surface area contributed by atoms with E-state index in [4.69, 9.17) is 17.1 Å². The number of aryl methyl sites for hydroxylation is 1. The SMILES string of the molecule is [2H]c1c([2H])c(C(=O)Cc2cc3cc(-c4cncn4C)ncc3cn2)c([2H])c([2H])c1Cl. The number of carbonyl (C=O) groups excluding carboxylic acids is 1. The average molecular weight is 367 g/mol. The summed E-state index contributed by atoms with van der Waals surface area (Å²) in [5, 5.41) is 1.32. The van der Waals surface area contributed by atoms with Crippen LogP contribution in [0, 0.1) is 0 Å². The van der Waals surface area contributed by atoms with E-state index in [1.807, 2.05) is 17.7 Å². The van der Waals surface area contributed by atoms with E-state index in [1.54, 1.807) is 31.0 Å². The molecule has 1 aromatic carbocycles. The Balaban J connectivity index is 1.71. The monoisotopic (exact) mass is 366 g/mol. The molecule has 3 aromatic heterocycles. The first-order chi connectivity index (χ1) is 14.3. The number of imidazole rings is 1. The molecular weight excluding hydrogens is 348 g/mol. The van der Waals surface area contributed by atoms with Gasteiger partial charge in [-0.05, 0) is 41.7 Å². The molecule has 3 heterocycles. The number of pyridine rings is 2. The number of hydrogen-bond donors (Lipinski definition) is 0. The number of hydrogen-bond acceptors (Lipinski definition) is 4. The van der Waals surface area contributed by atoms with E-state index in [1.165, 1.54) is 0 Å². The number of ketones is 1. The predicted octanol–water partition coefficient (Wildman–Crippen LogP) is 4.11. The fourth-order valence-corrected chi connectivity index (χ4v) is 2.71. The minimum absolute atomic E-state index is 0.169. The Bertz CT molecular complexity index is 1290. The van der Waals surface area contributed by atoms with Crippen LogP contribution in [0.1, 0.15) is 21.5 Å². The first-order valence-corrected chi connectivity index (χ1v) is 8.16. The Morgan fingerprint density at radius 1 is 1.12 bits per heavy atom. The fraction of sp³-hybridized carbons (Fsp3) is 0.100. The van der Waals surface area contributed by atoms with E-state index in [0.717, 1.165) is 22.2 Å². The quantitative estimate of drug-likeness (QED) is 0.510. The van der Waals surface area contributed by atoms with Crippen molar-refractivity contribution in [3.63, 3.8) is 0 Å². The van der Waals surface area contributed by atoms with Gasteiger partial charge in [0, 0.05) is 41.1 Å². The normalized spacial score (nSPS) is 13.2. The zero-order valence-corrected chi connectivity index (χ0v) is 14.5. The highest BCUT2D eigenvalue weighted by Gasteiger charge is 2.10. The molecule has 0 N–H and O–H groups in total. The van der Waals surface area contributed by atoms with Gasteiger partial charge in [0.25, 0.3) is 0 Å². The van der Waals surface area contributed by atoms with Crippen molar-refractivity contribution in [2.75, 3.05) is 0 Å². The molecule has 4 aromatic rings. The third-order valence-corrected chi connectivity index (χ3v) is 4.14. The minimum atomic E-state index is -0.559. The fourth-order valence-electron chi connectivity index (χ4n) is 2.61. The second-order valence-electron chi connectivity index (χ2n) is 5.77. The summed E-state index contributed by atoms with van der Waals surface area (Å²) in [7, 11) is 1.87. The van der Waals surface area contributed by atoms with Gasteiger partial charge >= 0.3 is 0 Å². The topological polar surface area (TPSA) is 60.7 Å². The smallest absolute Gasteiger partial charge is 0.168 e. The molecule has 0 amide bonds. The lowest BCUT2D eigenvalue weighted by Gasteiger charge is -2.06. The van der Waals surface area contributed by atoms with Crippen molar-refractivity contribution in [3.05, 3.63) is 77.5 Å². The molecule has 0 atom stereocenters. The highest BCUT2D eigenvalue weighted by Crippen LogP contribution is 2.22. The number of benzene rings is 1. The summed E-state index contributed by atoms with van der Waals surface area (Å²) in [4.78, 5) is 25.6. The van der Waals surface area contributed by atoms with E-state index in [0.29, 0.717) is 5.69 Å². The maximum atomic E-state index is 12.8. The third-order valence-electron chi connectivity index (χ3n) is 3.95. The molecule has 0 aliphatic rings. The first-order valence-electron chi connectivity index (χ1n) is 9.78. The van der Waals surface area contributed by atoms with Gasteiger partial charge in [0.05, 0.1) is 35.8 Å². The molecule has 4 rings (SSSR count). The predicted molar refractivity (Wildman–Crippen MR) is 101 cm³/mol. The van der Waals surface area contributed by atoms with Crippen LogP contribution in [-0.4, -0.2) is 25.3 Å². The Morgan fingerprint density at radius 3 is 2.62 bits per heavy atom. The molecule has 0 aliphatic carbocycles. The highest BCUT2D eigenvalue weighted by atomic mass is 35.5. The summed E-state index contributed by atoms with van der Waals surface area (Å²) in [6.07, 6.45) is 6.52. The largest absolute Gasteiger partial charge is 0.332 e. The molecule has 0 fully saturated rings. The molecular formula is C20H15ClN4O. The summed E-state index contributed by atoms with van der Waals surface area (Å²) in [5.74, 6) is -0.559. The standard InChI is InChI=1S/C20H15ClN4O/c1-25-12-22-11-19(25)18-7-14-6-17(23-9-15(14)10-24-18)8-20(26)13-2-4-16(21)5-3-13/h2-7,9-12H,8H2,1H3/i2D,3D,4D,5D. The number of aromatic nitrogens is 4. The van der Waals surface area contributed by atoms with Crippen LogP contribution in [0.2, 0.25) is 5.02 Å². The van der Waals surface area contributed by atoms with Crippen molar-refractivity contribution in [2.45, 2.75) is 6.42 Å². The summed E-state index contributed by atoms with van der Waals surface area (Å²) < 4.78 is 33.5. The number of Topliss-reactive ketones (excluding diaryl/α,β-unsaturated/α-hetero) is 1. The van der Waals surface area contributed by atoms with E-state index in [-0.39, 0.29) is 17.0 Å². The lowest BCUT2D eigenvalue weighted by molar-refractivity contribution is 0.0992. The number of rotatable bonds is 4. The molecule has 26 heavy (non-hydrogen) atoms. The van der Waals surface area contributed by atoms with Crippen molar-refractivity contribution in [2.24, 2.45) is 7.05 Å². The number of carbonyl (C=O) groups is 1. The van der Waals surface area contributed by atoms with Crippen LogP contribution in [0.5, 0.6) is 0 Å². The van der Waals surface area contributed by atoms with Gasteiger partial charge in [0.1, 0.15) is 0 Å². The molecule has 5 nitrogen and oxygen atoms in total. The molecule has 0 spiro atoms. The summed E-state index contributed by atoms with van der Waals surface area (Å²) in [6, 6.07) is 1.86. The van der Waals surface area contributed by atoms with Crippen molar-refractivity contribution >= 4 is 28.2 Å². The van der Waals surface area contributed by atoms with Crippen LogP contribution >= 0.6 is 11.6 Å². The maximum Gasteiger partial charge on any atom is 0.168 e. The molecule has 6 heteroatoms. The van der Waals surface area contributed by atoms with Gasteiger partial charge in [0.15, 0.2) is 5.78 Å². The molecule has 0 bridgehead atoms. The van der Waals surface area contributed by atoms with Crippen molar-refractivity contribution < 1.29 is 10.3 Å². The van der Waals surface area contributed by atoms with Crippen LogP contribution in [0.3, 0.4) is 0 Å². The summed E-state index contributed by atoms with van der Waals surface area (Å²) >= 11 is 5.81. The third kappa shape index (κ3) is 3.21. The van der Waals surface area contributed by atoms with Crippen LogP contribution in [0.4, 0.5) is 0 Å². The lowest BCUT2D eigenvalue weighted by Crippen LogP contribution is -2.05. The van der Waals surface area contributed by atoms with Crippen LogP contribution in [-0.2, 0) is 13.5 Å². The molecule has 0 radical (unpaired) electrons. The summed E-state index contributed by atoms with van der Waals surface area (Å²) in [5.41, 5.74) is 1.72. The molecule has 0 unspecified atom stereocenters. The average Bonchev–Trinajstić information content (AvgIpc) is 3.16. The summed E-state index contributed by atoms with van der Waals surface area (Å²) in [6.45, 7) is 0. The Morgan fingerprint density at radius 2 is 1.88 bits per heavy atom. The Hall–Kier alpha value is -3.05. The molecule has 0 saturated heterocycles. The van der Waals surface area contributed by atoms with Gasteiger partial charge in [-0.1, -0.05) is 11.6 Å². The van der Waals surface area contributed by atoms with Crippen LogP contribution in [0.25, 0.3) is 22.2 Å². The van der Waals surface area contributed by atoms with E-state index >= 15 is 0 Å². The Labute approximate surface area is 160 Å². The van der Waals surface area contributed by atoms with E-state index < -0.39 is 30.0 Å². The van der Waals surface area contributed by atoms with Gasteiger partial charge < -0.3 is 4.57 Å². The van der Waals surface area contributed by atoms with Gasteiger partial charge in [-0.25, -0.2) is 4.98 Å². The Kier molecular flexibility index (Phi) is 3.17. The maximum absolute atomic E-state index is 12.8. The second-order valence-corrected chi connectivity index (χ2v) is 6.15. The van der Waals surface area contributed by atoms with Gasteiger partial charge in [-0.2, -0.15) is 0 Å². The van der Waals surface area contributed by atoms with E-state index in [9.17, 15) is 4.79 Å². The molecule has 0 saturated carbocycles. The van der Waals surface area contributed by atoms with E-state index in [2.05, 4.69) is 15.0 Å². The zero-order chi connectivity index (χ0) is 21.6. The lowest BCUT2D eigenvalue weighted by atomic mass is 10.0. The van der Waals surface area contributed by atoms with Gasteiger partial charge in [0.2, 0.25) is 0 Å². The van der Waals surface area contributed by atoms with Crippen molar-refractivity contribution in [1.29, 1.82) is 0 Å². The van der Waals surface area contributed by atoms with Crippen LogP contribution in [0.15, 0.2) is 61.2 Å².